The van der Waals surface area contributed by atoms with Crippen molar-refractivity contribution in [1.82, 2.24) is 15.7 Å². The lowest BCUT2D eigenvalue weighted by Crippen LogP contribution is -2.56. The van der Waals surface area contributed by atoms with Crippen molar-refractivity contribution in [1.29, 1.82) is 0 Å². The molecule has 3 rings (SSSR count). The normalized spacial score (nSPS) is 19.9. The van der Waals surface area contributed by atoms with E-state index in [2.05, 4.69) is 10.6 Å². The third-order valence-corrected chi connectivity index (χ3v) is 7.33. The fourth-order valence-electron chi connectivity index (χ4n) is 5.28. The molecule has 0 spiro atoms. The maximum atomic E-state index is 14.0. The molecule has 8 nitrogen and oxygen atoms in total. The Kier molecular flexibility index (Phi) is 8.92. The van der Waals surface area contributed by atoms with Gasteiger partial charge < -0.3 is 15.5 Å². The van der Waals surface area contributed by atoms with Crippen LogP contribution in [-0.2, 0) is 14.4 Å². The first-order valence-electron chi connectivity index (χ1n) is 12.6. The van der Waals surface area contributed by atoms with Crippen LogP contribution in [0.15, 0.2) is 12.1 Å². The average molecular weight is 509 g/mol. The number of fused-ring (bicyclic) bond motifs is 1. The monoisotopic (exact) mass is 508 g/mol. The van der Waals surface area contributed by atoms with Gasteiger partial charge in [0.25, 0.3) is 0 Å². The second-order valence-electron chi connectivity index (χ2n) is 11.2. The van der Waals surface area contributed by atoms with Gasteiger partial charge in [-0.2, -0.15) is 0 Å². The molecule has 1 heterocycles. The summed E-state index contributed by atoms with van der Waals surface area (Å²) >= 11 is 0. The summed E-state index contributed by atoms with van der Waals surface area (Å²) in [6.45, 7) is 5.86. The van der Waals surface area contributed by atoms with Crippen LogP contribution in [0.25, 0.3) is 0 Å². The SMILES string of the molecule is CN1CCC(NC(=O)[C@@H](NC(=O)[C@H](CC2CCCC2)CN(O)C=O)C(C)(C)C)c2cc(F)c(F)cc21. The van der Waals surface area contributed by atoms with E-state index in [0.717, 1.165) is 37.8 Å². The van der Waals surface area contributed by atoms with E-state index in [1.165, 1.54) is 0 Å². The molecule has 1 aromatic carbocycles. The maximum Gasteiger partial charge on any atom is 0.243 e. The molecule has 1 aliphatic carbocycles. The number of nitrogens with zero attached hydrogens (tertiary/aromatic N) is 2. The number of hydrogen-bond donors (Lipinski definition) is 3. The number of halogens is 2. The number of benzene rings is 1. The predicted molar refractivity (Wildman–Crippen MR) is 131 cm³/mol. The van der Waals surface area contributed by atoms with Gasteiger partial charge in [0.1, 0.15) is 6.04 Å². The fraction of sp³-hybridized carbons (Fsp3) is 0.654. The molecule has 0 aromatic heterocycles. The topological polar surface area (TPSA) is 102 Å². The van der Waals surface area contributed by atoms with Gasteiger partial charge in [0.15, 0.2) is 11.6 Å². The Morgan fingerprint density at radius 1 is 1.17 bits per heavy atom. The van der Waals surface area contributed by atoms with Gasteiger partial charge in [-0.05, 0) is 30.2 Å². The molecule has 2 aliphatic rings. The van der Waals surface area contributed by atoms with Gasteiger partial charge in [-0.15, -0.1) is 0 Å². The minimum absolute atomic E-state index is 0.155. The zero-order valence-electron chi connectivity index (χ0n) is 21.5. The van der Waals surface area contributed by atoms with Crippen LogP contribution < -0.4 is 15.5 Å². The van der Waals surface area contributed by atoms with E-state index in [9.17, 15) is 28.4 Å². The summed E-state index contributed by atoms with van der Waals surface area (Å²) in [7, 11) is 1.78. The molecule has 1 aliphatic heterocycles. The molecule has 200 valence electrons. The molecular weight excluding hydrogens is 470 g/mol. The fourth-order valence-corrected chi connectivity index (χ4v) is 5.28. The van der Waals surface area contributed by atoms with Crippen molar-refractivity contribution >= 4 is 23.9 Å². The number of amides is 3. The summed E-state index contributed by atoms with van der Waals surface area (Å²) in [6, 6.07) is 0.779. The third kappa shape index (κ3) is 6.72. The molecule has 0 bridgehead atoms. The van der Waals surface area contributed by atoms with Gasteiger partial charge in [0.05, 0.1) is 18.5 Å². The van der Waals surface area contributed by atoms with Crippen LogP contribution in [-0.4, -0.2) is 54.7 Å². The predicted octanol–water partition coefficient (Wildman–Crippen LogP) is 3.54. The molecule has 1 saturated carbocycles. The molecule has 10 heteroatoms. The quantitative estimate of drug-likeness (QED) is 0.269. The molecule has 3 amide bonds. The van der Waals surface area contributed by atoms with Crippen LogP contribution in [0, 0.1) is 28.9 Å². The van der Waals surface area contributed by atoms with Crippen LogP contribution >= 0.6 is 0 Å². The molecular formula is C26H38F2N4O4. The zero-order chi connectivity index (χ0) is 26.6. The molecule has 3 N–H and O–H groups in total. The van der Waals surface area contributed by atoms with E-state index in [0.29, 0.717) is 41.6 Å². The van der Waals surface area contributed by atoms with E-state index in [-0.39, 0.29) is 13.0 Å². The van der Waals surface area contributed by atoms with Crippen LogP contribution in [0.2, 0.25) is 0 Å². The van der Waals surface area contributed by atoms with Gasteiger partial charge >= 0.3 is 0 Å². The van der Waals surface area contributed by atoms with Gasteiger partial charge in [0, 0.05) is 30.9 Å². The van der Waals surface area contributed by atoms with Gasteiger partial charge in [-0.25, -0.2) is 13.8 Å². The first kappa shape index (κ1) is 27.8. The number of carbonyl (C=O) groups is 3. The Balaban J connectivity index is 1.78. The largest absolute Gasteiger partial charge is 0.374 e. The highest BCUT2D eigenvalue weighted by atomic mass is 19.2. The lowest BCUT2D eigenvalue weighted by Gasteiger charge is -2.37. The van der Waals surface area contributed by atoms with Crippen molar-refractivity contribution in [2.24, 2.45) is 17.3 Å². The van der Waals surface area contributed by atoms with Gasteiger partial charge in [-0.1, -0.05) is 46.5 Å². The summed E-state index contributed by atoms with van der Waals surface area (Å²) in [4.78, 5) is 39.6. The van der Waals surface area contributed by atoms with E-state index in [1.807, 2.05) is 25.7 Å². The Labute approximate surface area is 211 Å². The van der Waals surface area contributed by atoms with E-state index < -0.39 is 46.9 Å². The molecule has 0 radical (unpaired) electrons. The highest BCUT2D eigenvalue weighted by Gasteiger charge is 2.37. The molecule has 1 unspecified atom stereocenters. The lowest BCUT2D eigenvalue weighted by molar-refractivity contribution is -0.155. The number of carbonyl (C=O) groups excluding carboxylic acids is 3. The van der Waals surface area contributed by atoms with E-state index >= 15 is 0 Å². The minimum atomic E-state index is -0.984. The molecule has 1 fully saturated rings. The van der Waals surface area contributed by atoms with E-state index in [4.69, 9.17) is 0 Å². The van der Waals surface area contributed by atoms with Crippen molar-refractivity contribution in [3.63, 3.8) is 0 Å². The van der Waals surface area contributed by atoms with Crippen LogP contribution in [0.1, 0.15) is 70.9 Å². The Bertz CT molecular complexity index is 962. The third-order valence-electron chi connectivity index (χ3n) is 7.33. The van der Waals surface area contributed by atoms with Gasteiger partial charge in [0.2, 0.25) is 18.2 Å². The minimum Gasteiger partial charge on any atom is -0.374 e. The summed E-state index contributed by atoms with van der Waals surface area (Å²) < 4.78 is 27.9. The number of hydroxylamine groups is 2. The molecule has 1 aromatic rings. The second-order valence-corrected chi connectivity index (χ2v) is 11.2. The van der Waals surface area contributed by atoms with Crippen molar-refractivity contribution in [3.05, 3.63) is 29.3 Å². The lowest BCUT2D eigenvalue weighted by atomic mass is 9.84. The van der Waals surface area contributed by atoms with Gasteiger partial charge in [-0.3, -0.25) is 19.6 Å². The van der Waals surface area contributed by atoms with Crippen molar-refractivity contribution < 1.29 is 28.4 Å². The first-order valence-corrected chi connectivity index (χ1v) is 12.6. The summed E-state index contributed by atoms with van der Waals surface area (Å²) in [5.74, 6) is -3.11. The Hall–Kier alpha value is -2.75. The Morgan fingerprint density at radius 3 is 2.42 bits per heavy atom. The van der Waals surface area contributed by atoms with Crippen LogP contribution in [0.5, 0.6) is 0 Å². The number of nitrogens with one attached hydrogen (secondary N) is 2. The van der Waals surface area contributed by atoms with Crippen molar-refractivity contribution in [2.45, 2.75) is 71.4 Å². The number of anilines is 1. The standard InChI is InChI=1S/C26H38F2N4O4/c1-26(2,3)23(30-24(34)17(14-32(36)15-33)11-16-7-5-6-8-16)25(35)29-21-9-10-31(4)22-13-20(28)19(27)12-18(21)22/h12-13,15-17,21,23,36H,5-11,14H2,1-4H3,(H,29,35)(H,30,34)/t17-,21?,23-/m1/s1. The molecule has 0 saturated heterocycles. The molecule has 36 heavy (non-hydrogen) atoms. The summed E-state index contributed by atoms with van der Waals surface area (Å²) in [5, 5.41) is 16.0. The second kappa shape index (κ2) is 11.5. The summed E-state index contributed by atoms with van der Waals surface area (Å²) in [6.07, 6.45) is 5.44. The smallest absolute Gasteiger partial charge is 0.243 e. The van der Waals surface area contributed by atoms with Crippen LogP contribution in [0.4, 0.5) is 14.5 Å². The zero-order valence-corrected chi connectivity index (χ0v) is 21.5. The van der Waals surface area contributed by atoms with E-state index in [1.54, 1.807) is 7.05 Å². The summed E-state index contributed by atoms with van der Waals surface area (Å²) in [5.41, 5.74) is 0.329. The molecule has 3 atom stereocenters. The Morgan fingerprint density at radius 2 is 1.81 bits per heavy atom. The highest BCUT2D eigenvalue weighted by Crippen LogP contribution is 2.35. The highest BCUT2D eigenvalue weighted by molar-refractivity contribution is 5.89. The van der Waals surface area contributed by atoms with Crippen molar-refractivity contribution in [2.75, 3.05) is 25.0 Å². The average Bonchev–Trinajstić information content (AvgIpc) is 3.32. The maximum absolute atomic E-state index is 14.0. The number of rotatable bonds is 9. The first-order chi connectivity index (χ1) is 16.9. The van der Waals surface area contributed by atoms with Crippen LogP contribution in [0.3, 0.4) is 0 Å². The number of hydrogen-bond acceptors (Lipinski definition) is 5. The van der Waals surface area contributed by atoms with Crippen molar-refractivity contribution in [3.8, 4) is 0 Å².